The molecule has 0 aliphatic carbocycles. The van der Waals surface area contributed by atoms with Crippen molar-refractivity contribution in [1.29, 1.82) is 0 Å². The summed E-state index contributed by atoms with van der Waals surface area (Å²) in [6.45, 7) is 0.522. The number of nitrogens with zero attached hydrogens (tertiary/aromatic N) is 1. The molecule has 0 saturated heterocycles. The zero-order chi connectivity index (χ0) is 20.0. The van der Waals surface area contributed by atoms with Crippen molar-refractivity contribution in [3.05, 3.63) is 65.5 Å². The molecule has 2 aromatic rings. The van der Waals surface area contributed by atoms with Gasteiger partial charge in [-0.05, 0) is 42.7 Å². The van der Waals surface area contributed by atoms with E-state index in [1.165, 1.54) is 12.1 Å². The van der Waals surface area contributed by atoms with Crippen LogP contribution in [0.4, 0.5) is 4.39 Å². The van der Waals surface area contributed by atoms with Crippen LogP contribution in [0.15, 0.2) is 58.4 Å². The Labute approximate surface area is 163 Å². The van der Waals surface area contributed by atoms with Gasteiger partial charge in [0.25, 0.3) is 10.0 Å². The maximum atomic E-state index is 13.1. The van der Waals surface area contributed by atoms with Gasteiger partial charge in [-0.15, -0.1) is 0 Å². The summed E-state index contributed by atoms with van der Waals surface area (Å²) in [6, 6.07) is 12.7. The minimum absolute atomic E-state index is 0.0593. The van der Waals surface area contributed by atoms with Crippen molar-refractivity contribution < 1.29 is 22.3 Å². The second kappa shape index (κ2) is 8.97. The van der Waals surface area contributed by atoms with Gasteiger partial charge in [0.2, 0.25) is 0 Å². The summed E-state index contributed by atoms with van der Waals surface area (Å²) in [5, 5.41) is 0. The predicted molar refractivity (Wildman–Crippen MR) is 103 cm³/mol. The molecular formula is C20H21FN2O4S. The molecule has 0 atom stereocenters. The Kier molecular flexibility index (Phi) is 6.41. The molecule has 0 radical (unpaired) electrons. The van der Waals surface area contributed by atoms with E-state index in [1.54, 1.807) is 36.4 Å². The summed E-state index contributed by atoms with van der Waals surface area (Å²) in [7, 11) is -3.51. The molecule has 3 rings (SSSR count). The van der Waals surface area contributed by atoms with Crippen molar-refractivity contribution in [2.75, 3.05) is 6.54 Å². The van der Waals surface area contributed by atoms with Gasteiger partial charge in [-0.3, -0.25) is 14.5 Å². The minimum atomic E-state index is -3.51. The Morgan fingerprint density at radius 3 is 2.71 bits per heavy atom. The number of nitrogens with one attached hydrogen (secondary N) is 1. The third-order valence-corrected chi connectivity index (χ3v) is 5.66. The van der Waals surface area contributed by atoms with Crippen LogP contribution in [-0.2, 0) is 26.2 Å². The van der Waals surface area contributed by atoms with Gasteiger partial charge < -0.3 is 4.74 Å². The molecule has 0 amide bonds. The highest BCUT2D eigenvalue weighted by Gasteiger charge is 2.29. The summed E-state index contributed by atoms with van der Waals surface area (Å²) >= 11 is 0. The number of benzene rings is 2. The average Bonchev–Trinajstić information content (AvgIpc) is 2.94. The third-order valence-electron chi connectivity index (χ3n) is 4.26. The quantitative estimate of drug-likeness (QED) is 0.541. The van der Waals surface area contributed by atoms with E-state index in [2.05, 4.69) is 9.71 Å². The number of esters is 1. The first kappa shape index (κ1) is 20.0. The van der Waals surface area contributed by atoms with Crippen LogP contribution < -0.4 is 4.72 Å². The van der Waals surface area contributed by atoms with Crippen LogP contribution in [0.5, 0.6) is 0 Å². The second-order valence-electron chi connectivity index (χ2n) is 6.43. The van der Waals surface area contributed by atoms with Crippen LogP contribution in [-0.4, -0.2) is 26.8 Å². The van der Waals surface area contributed by atoms with Gasteiger partial charge in [0.15, 0.2) is 0 Å². The predicted octanol–water partition coefficient (Wildman–Crippen LogP) is 3.17. The zero-order valence-electron chi connectivity index (χ0n) is 15.2. The van der Waals surface area contributed by atoms with Gasteiger partial charge >= 0.3 is 5.97 Å². The molecule has 0 spiro atoms. The summed E-state index contributed by atoms with van der Waals surface area (Å²) in [5.41, 5.74) is 1.20. The van der Waals surface area contributed by atoms with Crippen molar-refractivity contribution in [1.82, 2.24) is 4.72 Å². The first-order valence-corrected chi connectivity index (χ1v) is 10.5. The molecular weight excluding hydrogens is 383 g/mol. The molecule has 8 heteroatoms. The third kappa shape index (κ3) is 5.16. The molecule has 0 aromatic heterocycles. The van der Waals surface area contributed by atoms with Crippen molar-refractivity contribution in [3.8, 4) is 0 Å². The number of hydrogen-bond acceptors (Lipinski definition) is 5. The van der Waals surface area contributed by atoms with Crippen molar-refractivity contribution in [3.63, 3.8) is 0 Å². The smallest absolute Gasteiger partial charge is 0.306 e. The highest BCUT2D eigenvalue weighted by atomic mass is 32.2. The summed E-state index contributed by atoms with van der Waals surface area (Å²) < 4.78 is 44.6. The van der Waals surface area contributed by atoms with E-state index in [4.69, 9.17) is 4.74 Å². The average molecular weight is 404 g/mol. The lowest BCUT2D eigenvalue weighted by Crippen LogP contribution is -2.22. The number of amidine groups is 1. The zero-order valence-corrected chi connectivity index (χ0v) is 16.0. The van der Waals surface area contributed by atoms with Crippen LogP contribution in [0.3, 0.4) is 0 Å². The standard InChI is InChI=1S/C20H21FN2O4S/c21-16-8-6-7-15(13-16)14-27-19(24)11-2-1-5-12-22-20-17-9-3-4-10-18(17)28(25,26)23-20/h3-4,6-10,13H,1-2,5,11-12,14H2,(H,22,23). The van der Waals surface area contributed by atoms with Gasteiger partial charge in [-0.25, -0.2) is 12.8 Å². The number of hydrogen-bond donors (Lipinski definition) is 1. The Balaban J connectivity index is 1.36. The lowest BCUT2D eigenvalue weighted by molar-refractivity contribution is -0.145. The largest absolute Gasteiger partial charge is 0.461 e. The molecule has 1 aliphatic rings. The molecule has 1 heterocycles. The SMILES string of the molecule is O=C(CCCCCN=C1NS(=O)(=O)c2ccccc21)OCc1cccc(F)c1. The molecule has 148 valence electrons. The molecule has 6 nitrogen and oxygen atoms in total. The number of rotatable bonds is 8. The topological polar surface area (TPSA) is 84.8 Å². The number of aliphatic imine (C=N–C) groups is 1. The minimum Gasteiger partial charge on any atom is -0.461 e. The van der Waals surface area contributed by atoms with Gasteiger partial charge in [0.1, 0.15) is 18.3 Å². The lowest BCUT2D eigenvalue weighted by Gasteiger charge is -2.05. The molecule has 2 aromatic carbocycles. The number of unbranched alkanes of at least 4 members (excludes halogenated alkanes) is 2. The number of halogens is 1. The fourth-order valence-corrected chi connectivity index (χ4v) is 4.11. The van der Waals surface area contributed by atoms with E-state index in [0.717, 1.165) is 12.8 Å². The van der Waals surface area contributed by atoms with E-state index < -0.39 is 10.0 Å². The fraction of sp³-hybridized carbons (Fsp3) is 0.300. The van der Waals surface area contributed by atoms with E-state index in [1.807, 2.05) is 0 Å². The van der Waals surface area contributed by atoms with E-state index >= 15 is 0 Å². The van der Waals surface area contributed by atoms with Crippen molar-refractivity contribution in [2.24, 2.45) is 4.99 Å². The Hall–Kier alpha value is -2.74. The highest BCUT2D eigenvalue weighted by molar-refractivity contribution is 7.90. The molecule has 0 fully saturated rings. The van der Waals surface area contributed by atoms with Gasteiger partial charge in [-0.2, -0.15) is 0 Å². The molecule has 0 bridgehead atoms. The number of ether oxygens (including phenoxy) is 1. The molecule has 0 saturated carbocycles. The number of sulfonamides is 1. The maximum Gasteiger partial charge on any atom is 0.306 e. The number of carbonyl (C=O) groups excluding carboxylic acids is 1. The molecule has 0 unspecified atom stereocenters. The number of carbonyl (C=O) groups is 1. The van der Waals surface area contributed by atoms with E-state index in [-0.39, 0.29) is 29.7 Å². The normalized spacial score (nSPS) is 15.8. The Bertz CT molecular complexity index is 989. The van der Waals surface area contributed by atoms with Crippen LogP contribution in [0.2, 0.25) is 0 Å². The van der Waals surface area contributed by atoms with Crippen molar-refractivity contribution in [2.45, 2.75) is 37.2 Å². The molecule has 1 aliphatic heterocycles. The summed E-state index contributed by atoms with van der Waals surface area (Å²) in [5.74, 6) is -0.319. The maximum absolute atomic E-state index is 13.1. The van der Waals surface area contributed by atoms with Gasteiger partial charge in [0, 0.05) is 18.5 Å². The number of fused-ring (bicyclic) bond motifs is 1. The van der Waals surface area contributed by atoms with Gasteiger partial charge in [-0.1, -0.05) is 30.7 Å². The monoisotopic (exact) mass is 404 g/mol. The Morgan fingerprint density at radius 1 is 1.07 bits per heavy atom. The Morgan fingerprint density at radius 2 is 1.89 bits per heavy atom. The molecule has 1 N–H and O–H groups in total. The summed E-state index contributed by atoms with van der Waals surface area (Å²) in [6.07, 6.45) is 2.42. The lowest BCUT2D eigenvalue weighted by atomic mass is 10.2. The van der Waals surface area contributed by atoms with E-state index in [0.29, 0.717) is 29.9 Å². The van der Waals surface area contributed by atoms with E-state index in [9.17, 15) is 17.6 Å². The van der Waals surface area contributed by atoms with Crippen LogP contribution >= 0.6 is 0 Å². The summed E-state index contributed by atoms with van der Waals surface area (Å²) in [4.78, 5) is 16.3. The second-order valence-corrected chi connectivity index (χ2v) is 8.08. The van der Waals surface area contributed by atoms with Crippen LogP contribution in [0.25, 0.3) is 0 Å². The fourth-order valence-electron chi connectivity index (χ4n) is 2.86. The highest BCUT2D eigenvalue weighted by Crippen LogP contribution is 2.22. The van der Waals surface area contributed by atoms with Crippen LogP contribution in [0.1, 0.15) is 36.8 Å². The van der Waals surface area contributed by atoms with Crippen LogP contribution in [0, 0.1) is 5.82 Å². The first-order chi connectivity index (χ1) is 13.5. The first-order valence-electron chi connectivity index (χ1n) is 9.02. The van der Waals surface area contributed by atoms with Crippen molar-refractivity contribution >= 4 is 21.8 Å². The van der Waals surface area contributed by atoms with Gasteiger partial charge in [0.05, 0.1) is 4.90 Å². The molecule has 28 heavy (non-hydrogen) atoms.